The molecule has 1 rings (SSSR count). The Morgan fingerprint density at radius 2 is 2.09 bits per heavy atom. The molecule has 1 aromatic carbocycles. The molecule has 0 saturated carbocycles. The minimum atomic E-state index is -0.475. The SMILES string of the molecule is COCC(CCCNC(=O)OC(C)(C)C)Nc1cccc(Cl)c1. The second-order valence-electron chi connectivity index (χ2n) is 6.38. The lowest BCUT2D eigenvalue weighted by molar-refractivity contribution is 0.0526. The summed E-state index contributed by atoms with van der Waals surface area (Å²) in [4.78, 5) is 11.6. The third-order valence-electron chi connectivity index (χ3n) is 2.96. The van der Waals surface area contributed by atoms with Crippen molar-refractivity contribution < 1.29 is 14.3 Å². The Kier molecular flexibility index (Phi) is 8.20. The average molecular weight is 343 g/mol. The van der Waals surface area contributed by atoms with Crippen LogP contribution in [0.15, 0.2) is 24.3 Å². The van der Waals surface area contributed by atoms with Crippen molar-refractivity contribution in [2.24, 2.45) is 0 Å². The van der Waals surface area contributed by atoms with E-state index in [4.69, 9.17) is 21.1 Å². The topological polar surface area (TPSA) is 59.6 Å². The lowest BCUT2D eigenvalue weighted by Crippen LogP contribution is -2.33. The smallest absolute Gasteiger partial charge is 0.407 e. The Morgan fingerprint density at radius 1 is 1.35 bits per heavy atom. The lowest BCUT2D eigenvalue weighted by Gasteiger charge is -2.21. The van der Waals surface area contributed by atoms with Gasteiger partial charge in [-0.25, -0.2) is 4.79 Å². The first-order valence-electron chi connectivity index (χ1n) is 7.78. The standard InChI is InChI=1S/C17H27ClN2O3/c1-17(2,3)23-16(21)19-10-6-9-15(12-22-4)20-14-8-5-7-13(18)11-14/h5,7-8,11,15,20H,6,9-10,12H2,1-4H3,(H,19,21). The summed E-state index contributed by atoms with van der Waals surface area (Å²) >= 11 is 5.99. The second kappa shape index (κ2) is 9.63. The maximum absolute atomic E-state index is 11.6. The van der Waals surface area contributed by atoms with Gasteiger partial charge in [-0.2, -0.15) is 0 Å². The number of carbonyl (C=O) groups excluding carboxylic acids is 1. The molecule has 0 fully saturated rings. The average Bonchev–Trinajstić information content (AvgIpc) is 2.42. The monoisotopic (exact) mass is 342 g/mol. The van der Waals surface area contributed by atoms with Crippen LogP contribution in [0.25, 0.3) is 0 Å². The number of methoxy groups -OCH3 is 1. The summed E-state index contributed by atoms with van der Waals surface area (Å²) in [6, 6.07) is 7.73. The van der Waals surface area contributed by atoms with E-state index in [9.17, 15) is 4.79 Å². The van der Waals surface area contributed by atoms with Gasteiger partial charge < -0.3 is 20.1 Å². The van der Waals surface area contributed by atoms with Crippen molar-refractivity contribution in [1.82, 2.24) is 5.32 Å². The van der Waals surface area contributed by atoms with Crippen LogP contribution in [0.2, 0.25) is 5.02 Å². The lowest BCUT2D eigenvalue weighted by atomic mass is 10.1. The van der Waals surface area contributed by atoms with E-state index in [0.717, 1.165) is 18.5 Å². The third kappa shape index (κ3) is 9.31. The summed E-state index contributed by atoms with van der Waals surface area (Å²) in [6.45, 7) is 6.67. The van der Waals surface area contributed by atoms with Crippen LogP contribution in [0.5, 0.6) is 0 Å². The first-order valence-corrected chi connectivity index (χ1v) is 8.16. The van der Waals surface area contributed by atoms with Crippen LogP contribution in [-0.4, -0.2) is 38.0 Å². The van der Waals surface area contributed by atoms with Gasteiger partial charge >= 0.3 is 6.09 Å². The number of nitrogens with one attached hydrogen (secondary N) is 2. The van der Waals surface area contributed by atoms with E-state index < -0.39 is 5.60 Å². The molecule has 0 aliphatic rings. The highest BCUT2D eigenvalue weighted by molar-refractivity contribution is 6.30. The van der Waals surface area contributed by atoms with Gasteiger partial charge in [0.2, 0.25) is 0 Å². The third-order valence-corrected chi connectivity index (χ3v) is 3.20. The van der Waals surface area contributed by atoms with Crippen LogP contribution in [0.1, 0.15) is 33.6 Å². The van der Waals surface area contributed by atoms with Gasteiger partial charge in [-0.1, -0.05) is 17.7 Å². The molecule has 1 aromatic rings. The van der Waals surface area contributed by atoms with Gasteiger partial charge in [0.05, 0.1) is 6.61 Å². The molecule has 0 aliphatic carbocycles. The molecular weight excluding hydrogens is 316 g/mol. The summed E-state index contributed by atoms with van der Waals surface area (Å²) < 4.78 is 10.4. The van der Waals surface area contributed by atoms with E-state index in [1.165, 1.54) is 0 Å². The van der Waals surface area contributed by atoms with Gasteiger partial charge in [-0.3, -0.25) is 0 Å². The maximum atomic E-state index is 11.6. The minimum absolute atomic E-state index is 0.152. The predicted octanol–water partition coefficient (Wildman–Crippen LogP) is 4.07. The molecular formula is C17H27ClN2O3. The molecule has 2 N–H and O–H groups in total. The van der Waals surface area contributed by atoms with Crippen molar-refractivity contribution >= 4 is 23.4 Å². The molecule has 1 unspecified atom stereocenters. The summed E-state index contributed by atoms with van der Waals surface area (Å²) in [7, 11) is 1.67. The van der Waals surface area contributed by atoms with Crippen molar-refractivity contribution in [2.75, 3.05) is 25.6 Å². The number of anilines is 1. The molecule has 6 heteroatoms. The van der Waals surface area contributed by atoms with Crippen molar-refractivity contribution in [3.05, 3.63) is 29.3 Å². The zero-order chi connectivity index (χ0) is 17.3. The van der Waals surface area contributed by atoms with Gasteiger partial charge in [0, 0.05) is 30.4 Å². The quantitative estimate of drug-likeness (QED) is 0.699. The van der Waals surface area contributed by atoms with E-state index in [-0.39, 0.29) is 12.1 Å². The zero-order valence-corrected chi connectivity index (χ0v) is 15.1. The molecule has 5 nitrogen and oxygen atoms in total. The first-order chi connectivity index (χ1) is 10.8. The Balaban J connectivity index is 2.35. The molecule has 0 spiro atoms. The largest absolute Gasteiger partial charge is 0.444 e. The van der Waals surface area contributed by atoms with Crippen LogP contribution in [-0.2, 0) is 9.47 Å². The highest BCUT2D eigenvalue weighted by atomic mass is 35.5. The fourth-order valence-electron chi connectivity index (χ4n) is 2.07. The highest BCUT2D eigenvalue weighted by Gasteiger charge is 2.15. The summed E-state index contributed by atoms with van der Waals surface area (Å²) in [5, 5.41) is 6.84. The maximum Gasteiger partial charge on any atom is 0.407 e. The number of rotatable bonds is 8. The van der Waals surface area contributed by atoms with Crippen LogP contribution in [0.3, 0.4) is 0 Å². The van der Waals surface area contributed by atoms with Crippen LogP contribution >= 0.6 is 11.6 Å². The fourth-order valence-corrected chi connectivity index (χ4v) is 2.26. The Morgan fingerprint density at radius 3 is 2.70 bits per heavy atom. The van der Waals surface area contributed by atoms with E-state index in [1.807, 2.05) is 45.0 Å². The molecule has 1 atom stereocenters. The molecule has 23 heavy (non-hydrogen) atoms. The Bertz CT molecular complexity index is 489. The van der Waals surface area contributed by atoms with Crippen molar-refractivity contribution in [3.63, 3.8) is 0 Å². The van der Waals surface area contributed by atoms with Crippen molar-refractivity contribution in [1.29, 1.82) is 0 Å². The van der Waals surface area contributed by atoms with E-state index in [1.54, 1.807) is 7.11 Å². The molecule has 0 aliphatic heterocycles. The minimum Gasteiger partial charge on any atom is -0.444 e. The normalized spacial score (nSPS) is 12.6. The molecule has 0 bridgehead atoms. The highest BCUT2D eigenvalue weighted by Crippen LogP contribution is 2.17. The molecule has 130 valence electrons. The van der Waals surface area contributed by atoms with Gasteiger partial charge in [0.1, 0.15) is 5.60 Å². The van der Waals surface area contributed by atoms with Gasteiger partial charge in [0.15, 0.2) is 0 Å². The number of halogens is 1. The number of amides is 1. The second-order valence-corrected chi connectivity index (χ2v) is 6.81. The molecule has 1 amide bonds. The number of benzene rings is 1. The predicted molar refractivity (Wildman–Crippen MR) is 94.2 cm³/mol. The summed E-state index contributed by atoms with van der Waals surface area (Å²) in [5.74, 6) is 0. The van der Waals surface area contributed by atoms with Gasteiger partial charge in [-0.15, -0.1) is 0 Å². The Hall–Kier alpha value is -1.46. The number of alkyl carbamates (subject to hydrolysis) is 1. The van der Waals surface area contributed by atoms with Gasteiger partial charge in [-0.05, 0) is 51.8 Å². The summed E-state index contributed by atoms with van der Waals surface area (Å²) in [5.41, 5.74) is 0.483. The molecule has 0 radical (unpaired) electrons. The van der Waals surface area contributed by atoms with Crippen molar-refractivity contribution in [3.8, 4) is 0 Å². The van der Waals surface area contributed by atoms with Crippen LogP contribution in [0, 0.1) is 0 Å². The zero-order valence-electron chi connectivity index (χ0n) is 14.3. The number of ether oxygens (including phenoxy) is 2. The first kappa shape index (κ1) is 19.6. The Labute approximate surface area is 143 Å². The number of carbonyl (C=O) groups is 1. The number of hydrogen-bond acceptors (Lipinski definition) is 4. The van der Waals surface area contributed by atoms with E-state index in [0.29, 0.717) is 18.2 Å². The van der Waals surface area contributed by atoms with E-state index >= 15 is 0 Å². The molecule has 0 heterocycles. The molecule has 0 aromatic heterocycles. The van der Waals surface area contributed by atoms with Crippen LogP contribution in [0.4, 0.5) is 10.5 Å². The van der Waals surface area contributed by atoms with Crippen LogP contribution < -0.4 is 10.6 Å². The number of hydrogen-bond donors (Lipinski definition) is 2. The summed E-state index contributed by atoms with van der Waals surface area (Å²) in [6.07, 6.45) is 1.29. The van der Waals surface area contributed by atoms with Crippen molar-refractivity contribution in [2.45, 2.75) is 45.3 Å². The van der Waals surface area contributed by atoms with Gasteiger partial charge in [0.25, 0.3) is 0 Å². The molecule has 0 saturated heterocycles. The van der Waals surface area contributed by atoms with E-state index in [2.05, 4.69) is 10.6 Å². The fraction of sp³-hybridized carbons (Fsp3) is 0.588.